The van der Waals surface area contributed by atoms with Gasteiger partial charge in [0.05, 0.1) is 0 Å². The molecular weight excluding hydrogens is 1160 g/mol. The number of rotatable bonds is 21. The van der Waals surface area contributed by atoms with Crippen LogP contribution in [0, 0.1) is 35.5 Å². The standard InChI is InChI=1S/C57H66O30/c1-28(58)73-25-43-46(76-31(4)61)49(79-34(7)64)52(82-37(10)67)55(85-43)70-19-13-16-40-22-41(17-14-20-71-56-53(83-38(11)68)50(80-35(8)65)47(77-32(5)62)44(86-56)26-74-29(2)59)24-42(23-40)18-15-21-72-57-54(84-39(12)69)51(81-36(9)66)48(78-33(6)63)45(87-57)27-75-30(3)60/h22-24,43-57H,19-21,25-27H2,1-12H3/t43-,44-,45-,46-,47-,48-,49+,50+,51+,52-,53-,54-,55-,56-,57-/m1/s1. The predicted octanol–water partition coefficient (Wildman–Crippen LogP) is 0.0402. The Bertz CT molecular complexity index is 2580. The van der Waals surface area contributed by atoms with Crippen LogP contribution in [0.15, 0.2) is 18.2 Å². The lowest BCUT2D eigenvalue weighted by molar-refractivity contribution is -0.305. The van der Waals surface area contributed by atoms with Crippen molar-refractivity contribution in [2.45, 2.75) is 175 Å². The zero-order valence-electron chi connectivity index (χ0n) is 49.4. The van der Waals surface area contributed by atoms with Gasteiger partial charge in [-0.2, -0.15) is 0 Å². The minimum Gasteiger partial charge on any atom is -0.463 e. The summed E-state index contributed by atoms with van der Waals surface area (Å²) in [5, 5.41) is 0. The average Bonchev–Trinajstić information content (AvgIpc) is 3.22. The molecule has 3 aliphatic heterocycles. The summed E-state index contributed by atoms with van der Waals surface area (Å²) < 4.78 is 100. The zero-order valence-corrected chi connectivity index (χ0v) is 49.4. The normalized spacial score (nSPS) is 26.1. The van der Waals surface area contributed by atoms with E-state index in [1.165, 1.54) is 18.2 Å². The first-order valence-corrected chi connectivity index (χ1v) is 26.4. The second kappa shape index (κ2) is 34.4. The summed E-state index contributed by atoms with van der Waals surface area (Å²) in [4.78, 5) is 146. The van der Waals surface area contributed by atoms with Gasteiger partial charge >= 0.3 is 71.6 Å². The number of hydrogen-bond acceptors (Lipinski definition) is 30. The van der Waals surface area contributed by atoms with E-state index >= 15 is 0 Å². The highest BCUT2D eigenvalue weighted by Gasteiger charge is 2.55. The van der Waals surface area contributed by atoms with E-state index in [4.69, 9.17) is 85.3 Å². The molecule has 3 heterocycles. The van der Waals surface area contributed by atoms with Gasteiger partial charge in [-0.1, -0.05) is 35.5 Å². The monoisotopic (exact) mass is 1230 g/mol. The van der Waals surface area contributed by atoms with Gasteiger partial charge in [-0.15, -0.1) is 0 Å². The Labute approximate surface area is 498 Å². The van der Waals surface area contributed by atoms with Gasteiger partial charge in [-0.05, 0) is 18.2 Å². The fourth-order valence-corrected chi connectivity index (χ4v) is 8.60. The summed E-state index contributed by atoms with van der Waals surface area (Å²) in [6, 6.07) is 4.51. The highest BCUT2D eigenvalue weighted by molar-refractivity contribution is 5.71. The highest BCUT2D eigenvalue weighted by atomic mass is 16.8. The van der Waals surface area contributed by atoms with Gasteiger partial charge in [0.15, 0.2) is 73.8 Å². The van der Waals surface area contributed by atoms with Crippen molar-refractivity contribution in [1.29, 1.82) is 0 Å². The molecule has 15 atom stereocenters. The van der Waals surface area contributed by atoms with Gasteiger partial charge in [0.25, 0.3) is 0 Å². The molecule has 0 aliphatic carbocycles. The van der Waals surface area contributed by atoms with Crippen LogP contribution in [0.3, 0.4) is 0 Å². The van der Waals surface area contributed by atoms with Crippen LogP contribution in [-0.2, 0) is 143 Å². The first kappa shape index (κ1) is 70.8. The molecule has 0 bridgehead atoms. The SMILES string of the molecule is CC(=O)OC[C@H]1O[C@@H](OCC#Cc2cc(C#CCO[C@@H]3O[C@H](COC(C)=O)[C@@H](OC(C)=O)[C@H](OC(C)=O)[C@H]3OC(C)=O)cc(C#CCO[C@@H]3O[C@H](COC(C)=O)[C@@H](OC(C)=O)[C@H](OC(C)=O)[C@H]3OC(C)=O)c2)[C@H](OC(C)=O)[C@@H](OC(C)=O)[C@@H]1OC(C)=O. The van der Waals surface area contributed by atoms with Crippen molar-refractivity contribution in [2.75, 3.05) is 39.6 Å². The van der Waals surface area contributed by atoms with E-state index in [0.717, 1.165) is 83.1 Å². The summed E-state index contributed by atoms with van der Waals surface area (Å²) in [7, 11) is 0. The summed E-state index contributed by atoms with van der Waals surface area (Å²) in [6.45, 7) is 9.73. The second-order valence-electron chi connectivity index (χ2n) is 18.8. The molecule has 0 saturated carbocycles. The number of carbonyl (C=O) groups is 12. The van der Waals surface area contributed by atoms with Crippen LogP contribution in [0.1, 0.15) is 99.8 Å². The van der Waals surface area contributed by atoms with Crippen LogP contribution in [0.5, 0.6) is 0 Å². The maximum Gasteiger partial charge on any atom is 0.303 e. The molecule has 0 amide bonds. The van der Waals surface area contributed by atoms with Crippen molar-refractivity contribution in [3.63, 3.8) is 0 Å². The maximum atomic E-state index is 12.4. The third-order valence-electron chi connectivity index (χ3n) is 11.4. The first-order chi connectivity index (χ1) is 41.0. The van der Waals surface area contributed by atoms with Crippen molar-refractivity contribution in [1.82, 2.24) is 0 Å². The molecule has 3 aliphatic rings. The van der Waals surface area contributed by atoms with Gasteiger partial charge in [0.1, 0.15) is 58.0 Å². The Balaban J connectivity index is 1.77. The molecule has 30 nitrogen and oxygen atoms in total. The third kappa shape index (κ3) is 23.9. The molecule has 0 N–H and O–H groups in total. The Morgan fingerprint density at radius 2 is 0.494 bits per heavy atom. The molecule has 474 valence electrons. The molecular formula is C57H66O30. The number of ether oxygens (including phenoxy) is 18. The van der Waals surface area contributed by atoms with Gasteiger partial charge in [-0.3, -0.25) is 57.5 Å². The number of esters is 12. The molecule has 4 rings (SSSR count). The third-order valence-corrected chi connectivity index (χ3v) is 11.4. The molecule has 1 aromatic rings. The molecule has 3 saturated heterocycles. The molecule has 3 fully saturated rings. The lowest BCUT2D eigenvalue weighted by Gasteiger charge is -2.43. The minimum atomic E-state index is -1.58. The number of benzene rings is 1. The molecule has 0 unspecified atom stereocenters. The van der Waals surface area contributed by atoms with E-state index in [2.05, 4.69) is 35.5 Å². The van der Waals surface area contributed by atoms with E-state index in [1.54, 1.807) is 0 Å². The predicted molar refractivity (Wildman–Crippen MR) is 281 cm³/mol. The Hall–Kier alpha value is -8.70. The van der Waals surface area contributed by atoms with Crippen LogP contribution in [0.25, 0.3) is 0 Å². The largest absolute Gasteiger partial charge is 0.463 e. The highest BCUT2D eigenvalue weighted by Crippen LogP contribution is 2.33. The molecule has 0 radical (unpaired) electrons. The van der Waals surface area contributed by atoms with Gasteiger partial charge < -0.3 is 85.3 Å². The fourth-order valence-electron chi connectivity index (χ4n) is 8.60. The smallest absolute Gasteiger partial charge is 0.303 e. The van der Waals surface area contributed by atoms with E-state index in [9.17, 15) is 57.5 Å². The van der Waals surface area contributed by atoms with E-state index in [0.29, 0.717) is 0 Å². The lowest BCUT2D eigenvalue weighted by Crippen LogP contribution is -2.63. The fraction of sp³-hybridized carbons (Fsp3) is 0.579. The lowest BCUT2D eigenvalue weighted by atomic mass is 9.98. The molecule has 87 heavy (non-hydrogen) atoms. The quantitative estimate of drug-likeness (QED) is 0.0891. The van der Waals surface area contributed by atoms with Crippen molar-refractivity contribution in [3.8, 4) is 35.5 Å². The molecule has 0 aromatic heterocycles. The number of hydrogen-bond donors (Lipinski definition) is 0. The van der Waals surface area contributed by atoms with Gasteiger partial charge in [0.2, 0.25) is 0 Å². The van der Waals surface area contributed by atoms with Gasteiger partial charge in [-0.25, -0.2) is 0 Å². The Morgan fingerprint density at radius 3 is 0.690 bits per heavy atom. The van der Waals surface area contributed by atoms with Crippen LogP contribution >= 0.6 is 0 Å². The number of carbonyl (C=O) groups excluding carboxylic acids is 12. The molecule has 1 aromatic carbocycles. The average molecular weight is 1230 g/mol. The van der Waals surface area contributed by atoms with E-state index in [1.807, 2.05) is 0 Å². The molecule has 30 heteroatoms. The van der Waals surface area contributed by atoms with Crippen LogP contribution < -0.4 is 0 Å². The van der Waals surface area contributed by atoms with Crippen molar-refractivity contribution in [3.05, 3.63) is 34.9 Å². The molecule has 0 spiro atoms. The summed E-state index contributed by atoms with van der Waals surface area (Å²) in [6.07, 6.45) is -22.4. The Kier molecular flexibility index (Phi) is 28.0. The second-order valence-corrected chi connectivity index (χ2v) is 18.8. The van der Waals surface area contributed by atoms with Crippen LogP contribution in [-0.4, -0.2) is 203 Å². The van der Waals surface area contributed by atoms with Crippen molar-refractivity contribution in [2.24, 2.45) is 0 Å². The Morgan fingerprint density at radius 1 is 0.299 bits per heavy atom. The van der Waals surface area contributed by atoms with Crippen LogP contribution in [0.2, 0.25) is 0 Å². The van der Waals surface area contributed by atoms with E-state index in [-0.39, 0.29) is 16.7 Å². The maximum absolute atomic E-state index is 12.4. The summed E-state index contributed by atoms with van der Waals surface area (Å²) in [5.74, 6) is 6.99. The minimum absolute atomic E-state index is 0.220. The zero-order chi connectivity index (χ0) is 64.7. The topological polar surface area (TPSA) is 371 Å². The van der Waals surface area contributed by atoms with Gasteiger partial charge in [0, 0.05) is 99.8 Å². The van der Waals surface area contributed by atoms with Crippen molar-refractivity contribution >= 4 is 71.6 Å². The summed E-state index contributed by atoms with van der Waals surface area (Å²) in [5.41, 5.74) is 0.659. The van der Waals surface area contributed by atoms with Crippen LogP contribution in [0.4, 0.5) is 0 Å². The first-order valence-electron chi connectivity index (χ1n) is 26.4. The summed E-state index contributed by atoms with van der Waals surface area (Å²) >= 11 is 0. The van der Waals surface area contributed by atoms with Crippen molar-refractivity contribution < 1.29 is 143 Å². The van der Waals surface area contributed by atoms with E-state index < -0.39 is 203 Å².